The molecule has 0 saturated carbocycles. The highest BCUT2D eigenvalue weighted by Crippen LogP contribution is 2.34. The van der Waals surface area contributed by atoms with Gasteiger partial charge in [-0.2, -0.15) is 0 Å². The maximum Gasteiger partial charge on any atom is 0.328 e. The van der Waals surface area contributed by atoms with Crippen molar-refractivity contribution in [3.63, 3.8) is 0 Å². The van der Waals surface area contributed by atoms with Crippen LogP contribution in [0.5, 0.6) is 5.75 Å². The summed E-state index contributed by atoms with van der Waals surface area (Å²) in [6.07, 6.45) is 1.58. The number of phenolic OH excluding ortho intramolecular Hbond substituents is 1. The van der Waals surface area contributed by atoms with Crippen LogP contribution < -0.4 is 0 Å². The van der Waals surface area contributed by atoms with Crippen molar-refractivity contribution in [2.75, 3.05) is 7.11 Å². The summed E-state index contributed by atoms with van der Waals surface area (Å²) in [6.45, 7) is 4.95. The lowest BCUT2D eigenvalue weighted by Crippen LogP contribution is -2.42. The van der Waals surface area contributed by atoms with Crippen molar-refractivity contribution in [1.29, 1.82) is 0 Å². The van der Waals surface area contributed by atoms with E-state index < -0.39 is 23.2 Å². The van der Waals surface area contributed by atoms with Gasteiger partial charge in [-0.3, -0.25) is 14.5 Å². The number of carbonyl (C=O) groups is 3. The van der Waals surface area contributed by atoms with Crippen LogP contribution in [0.1, 0.15) is 23.6 Å². The molecule has 1 heterocycles. The van der Waals surface area contributed by atoms with Gasteiger partial charge in [0.1, 0.15) is 11.8 Å². The number of imide groups is 1. The molecule has 0 unspecified atom stereocenters. The molecule has 0 aromatic heterocycles. The number of nitrogens with zero attached hydrogens (tertiary/aromatic N) is 1. The van der Waals surface area contributed by atoms with Crippen LogP contribution in [-0.4, -0.2) is 40.3 Å². The number of hydrogen-bond donors (Lipinski definition) is 1. The van der Waals surface area contributed by atoms with Gasteiger partial charge in [0.15, 0.2) is 0 Å². The van der Waals surface area contributed by atoms with E-state index in [1.54, 1.807) is 32.1 Å². The molecule has 1 N–H and O–H groups in total. The Balaban J connectivity index is 2.34. The number of rotatable bonds is 3. The minimum atomic E-state index is -0.971. The Kier molecular flexibility index (Phi) is 4.79. The molecule has 1 aliphatic rings. The molecule has 7 heteroatoms. The zero-order chi connectivity index (χ0) is 17.3. The fourth-order valence-electron chi connectivity index (χ4n) is 2.31. The lowest BCUT2D eigenvalue weighted by molar-refractivity contribution is -0.148. The molecule has 1 saturated heterocycles. The zero-order valence-electron chi connectivity index (χ0n) is 13.2. The van der Waals surface area contributed by atoms with Crippen molar-refractivity contribution in [1.82, 2.24) is 4.90 Å². The number of esters is 1. The number of benzene rings is 1. The molecule has 2 rings (SSSR count). The van der Waals surface area contributed by atoms with Crippen LogP contribution in [0.3, 0.4) is 0 Å². The first-order valence-corrected chi connectivity index (χ1v) is 7.73. The summed E-state index contributed by atoms with van der Waals surface area (Å²) >= 11 is 0.777. The van der Waals surface area contributed by atoms with Crippen LogP contribution in [0.25, 0.3) is 6.08 Å². The van der Waals surface area contributed by atoms with E-state index in [2.05, 4.69) is 4.74 Å². The summed E-state index contributed by atoms with van der Waals surface area (Å²) in [6, 6.07) is 2.47. The molecule has 1 aromatic rings. The predicted octanol–water partition coefficient (Wildman–Crippen LogP) is 2.61. The molecule has 6 nitrogen and oxygen atoms in total. The van der Waals surface area contributed by atoms with E-state index in [1.807, 2.05) is 0 Å². The van der Waals surface area contributed by atoms with Crippen molar-refractivity contribution in [3.8, 4) is 5.75 Å². The normalized spacial score (nSPS) is 17.7. The maximum atomic E-state index is 12.4. The highest BCUT2D eigenvalue weighted by molar-refractivity contribution is 8.18. The number of thioether (sulfide) groups is 1. The maximum absolute atomic E-state index is 12.4. The van der Waals surface area contributed by atoms with E-state index in [-0.39, 0.29) is 10.7 Å². The second kappa shape index (κ2) is 6.45. The average Bonchev–Trinajstić information content (AvgIpc) is 2.77. The minimum Gasteiger partial charge on any atom is -0.507 e. The Hall–Kier alpha value is -2.28. The molecule has 0 bridgehead atoms. The lowest BCUT2D eigenvalue weighted by atomic mass is 10.1. The third kappa shape index (κ3) is 3.24. The smallest absolute Gasteiger partial charge is 0.328 e. The van der Waals surface area contributed by atoms with Gasteiger partial charge in [0, 0.05) is 0 Å². The Labute approximate surface area is 138 Å². The number of carbonyl (C=O) groups excluding carboxylic acids is 3. The van der Waals surface area contributed by atoms with E-state index in [9.17, 15) is 19.5 Å². The monoisotopic (exact) mass is 335 g/mol. The van der Waals surface area contributed by atoms with Gasteiger partial charge in [0.25, 0.3) is 11.1 Å². The first-order chi connectivity index (χ1) is 10.8. The van der Waals surface area contributed by atoms with Crippen molar-refractivity contribution >= 4 is 35.0 Å². The van der Waals surface area contributed by atoms with Crippen LogP contribution in [-0.2, 0) is 14.3 Å². The fraction of sp³-hybridized carbons (Fsp3) is 0.312. The van der Waals surface area contributed by atoms with E-state index in [0.29, 0.717) is 16.7 Å². The molecular formula is C16H17NO5S. The third-order valence-corrected chi connectivity index (χ3v) is 4.45. The van der Waals surface area contributed by atoms with Crippen molar-refractivity contribution in [3.05, 3.63) is 33.7 Å². The number of aryl methyl sites for hydroxylation is 2. The topological polar surface area (TPSA) is 83.9 Å². The second-order valence-corrected chi connectivity index (χ2v) is 6.25. The van der Waals surface area contributed by atoms with Gasteiger partial charge in [-0.15, -0.1) is 0 Å². The van der Waals surface area contributed by atoms with Gasteiger partial charge in [0.05, 0.1) is 12.0 Å². The summed E-state index contributed by atoms with van der Waals surface area (Å²) in [5.41, 5.74) is 2.06. The summed E-state index contributed by atoms with van der Waals surface area (Å²) in [5, 5.41) is 9.27. The van der Waals surface area contributed by atoms with Gasteiger partial charge < -0.3 is 9.84 Å². The van der Waals surface area contributed by atoms with E-state index in [0.717, 1.165) is 16.7 Å². The van der Waals surface area contributed by atoms with Crippen LogP contribution >= 0.6 is 11.8 Å². The molecule has 0 spiro atoms. The largest absolute Gasteiger partial charge is 0.507 e. The molecule has 23 heavy (non-hydrogen) atoms. The summed E-state index contributed by atoms with van der Waals surface area (Å²) in [7, 11) is 1.20. The number of hydrogen-bond acceptors (Lipinski definition) is 6. The van der Waals surface area contributed by atoms with Crippen LogP contribution in [0.4, 0.5) is 4.79 Å². The molecule has 1 atom stereocenters. The quantitative estimate of drug-likeness (QED) is 0.675. The number of amides is 2. The van der Waals surface area contributed by atoms with Crippen LogP contribution in [0.15, 0.2) is 17.0 Å². The standard InChI is InChI=1S/C16H17NO5S/c1-8-5-11(6-9(2)13(8)18)7-12-14(19)17(16(21)23-12)10(3)15(20)22-4/h5-7,10,18H,1-4H3/b12-7+/t10-/m1/s1. The molecular weight excluding hydrogens is 318 g/mol. The highest BCUT2D eigenvalue weighted by atomic mass is 32.2. The Morgan fingerprint density at radius 1 is 1.30 bits per heavy atom. The van der Waals surface area contributed by atoms with Crippen molar-refractivity contribution < 1.29 is 24.2 Å². The Bertz CT molecular complexity index is 702. The van der Waals surface area contributed by atoms with E-state index in [1.165, 1.54) is 14.0 Å². The Morgan fingerprint density at radius 3 is 2.39 bits per heavy atom. The number of ether oxygens (including phenoxy) is 1. The number of methoxy groups -OCH3 is 1. The van der Waals surface area contributed by atoms with Crippen molar-refractivity contribution in [2.24, 2.45) is 0 Å². The minimum absolute atomic E-state index is 0.203. The SMILES string of the molecule is COC(=O)[C@@H](C)N1C(=O)S/C(=C/c2cc(C)c(O)c(C)c2)C1=O. The molecule has 1 fully saturated rings. The fourth-order valence-corrected chi connectivity index (χ4v) is 3.22. The summed E-state index contributed by atoms with van der Waals surface area (Å²) in [5.74, 6) is -0.972. The van der Waals surface area contributed by atoms with Gasteiger partial charge in [-0.1, -0.05) is 0 Å². The molecule has 122 valence electrons. The van der Waals surface area contributed by atoms with Gasteiger partial charge >= 0.3 is 5.97 Å². The first-order valence-electron chi connectivity index (χ1n) is 6.91. The highest BCUT2D eigenvalue weighted by Gasteiger charge is 2.41. The van der Waals surface area contributed by atoms with Gasteiger partial charge in [0.2, 0.25) is 0 Å². The molecule has 0 aliphatic carbocycles. The second-order valence-electron chi connectivity index (χ2n) is 5.25. The lowest BCUT2D eigenvalue weighted by Gasteiger charge is -2.18. The third-order valence-electron chi connectivity index (χ3n) is 3.56. The summed E-state index contributed by atoms with van der Waals surface area (Å²) < 4.78 is 4.58. The van der Waals surface area contributed by atoms with Crippen molar-refractivity contribution in [2.45, 2.75) is 26.8 Å². The molecule has 1 aliphatic heterocycles. The first kappa shape index (κ1) is 17.1. The predicted molar refractivity (Wildman–Crippen MR) is 86.9 cm³/mol. The average molecular weight is 335 g/mol. The van der Waals surface area contributed by atoms with Gasteiger partial charge in [-0.25, -0.2) is 4.79 Å². The van der Waals surface area contributed by atoms with Crippen LogP contribution in [0, 0.1) is 13.8 Å². The zero-order valence-corrected chi connectivity index (χ0v) is 14.1. The molecule has 2 amide bonds. The van der Waals surface area contributed by atoms with E-state index >= 15 is 0 Å². The number of phenols is 1. The van der Waals surface area contributed by atoms with E-state index in [4.69, 9.17) is 0 Å². The van der Waals surface area contributed by atoms with Crippen LogP contribution in [0.2, 0.25) is 0 Å². The number of aromatic hydroxyl groups is 1. The molecule has 0 radical (unpaired) electrons. The Morgan fingerprint density at radius 2 is 1.87 bits per heavy atom. The summed E-state index contributed by atoms with van der Waals surface area (Å²) in [4.78, 5) is 37.1. The molecule has 1 aromatic carbocycles. The van der Waals surface area contributed by atoms with Gasteiger partial charge in [-0.05, 0) is 67.4 Å².